The minimum absolute atomic E-state index is 0.252. The predicted molar refractivity (Wildman–Crippen MR) is 40.7 cm³/mol. The van der Waals surface area contributed by atoms with Crippen molar-refractivity contribution in [3.63, 3.8) is 0 Å². The van der Waals surface area contributed by atoms with Crippen molar-refractivity contribution < 1.29 is 9.57 Å². The van der Waals surface area contributed by atoms with Gasteiger partial charge in [0.1, 0.15) is 0 Å². The second-order valence-corrected chi connectivity index (χ2v) is 2.41. The molecular weight excluding hydrogens is 130 g/mol. The second-order valence-electron chi connectivity index (χ2n) is 2.41. The van der Waals surface area contributed by atoms with E-state index in [1.807, 2.05) is 13.8 Å². The molecule has 0 aromatic heterocycles. The Morgan fingerprint density at radius 2 is 2.10 bits per heavy atom. The third kappa shape index (κ3) is 7.88. The van der Waals surface area contributed by atoms with E-state index in [1.165, 1.54) is 0 Å². The number of hydrogen-bond acceptors (Lipinski definition) is 3. The zero-order valence-corrected chi connectivity index (χ0v) is 7.02. The van der Waals surface area contributed by atoms with Gasteiger partial charge in [-0.1, -0.05) is 0 Å². The number of hydrogen-bond donors (Lipinski definition) is 1. The van der Waals surface area contributed by atoms with E-state index in [0.717, 1.165) is 19.6 Å². The van der Waals surface area contributed by atoms with Gasteiger partial charge in [-0.2, -0.15) is 0 Å². The molecule has 0 rings (SSSR count). The van der Waals surface area contributed by atoms with E-state index < -0.39 is 0 Å². The molecule has 3 nitrogen and oxygen atoms in total. The highest BCUT2D eigenvalue weighted by Crippen LogP contribution is 1.83. The van der Waals surface area contributed by atoms with Crippen LogP contribution in [0.5, 0.6) is 0 Å². The number of methoxy groups -OCH3 is 1. The molecule has 0 aliphatic heterocycles. The first-order chi connectivity index (χ1) is 4.77. The molecule has 0 unspecified atom stereocenters. The van der Waals surface area contributed by atoms with Crippen LogP contribution >= 0.6 is 0 Å². The van der Waals surface area contributed by atoms with Gasteiger partial charge in [0.25, 0.3) is 0 Å². The topological polar surface area (TPSA) is 30.5 Å². The summed E-state index contributed by atoms with van der Waals surface area (Å²) >= 11 is 0. The third-order valence-electron chi connectivity index (χ3n) is 0.946. The van der Waals surface area contributed by atoms with Crippen molar-refractivity contribution >= 4 is 0 Å². The van der Waals surface area contributed by atoms with Crippen LogP contribution in [-0.4, -0.2) is 26.4 Å². The van der Waals surface area contributed by atoms with E-state index in [0.29, 0.717) is 0 Å². The maximum absolute atomic E-state index is 5.08. The van der Waals surface area contributed by atoms with Crippen LogP contribution in [0.15, 0.2) is 0 Å². The van der Waals surface area contributed by atoms with E-state index in [2.05, 4.69) is 5.48 Å². The molecule has 0 radical (unpaired) electrons. The van der Waals surface area contributed by atoms with Crippen LogP contribution in [0.2, 0.25) is 0 Å². The van der Waals surface area contributed by atoms with E-state index >= 15 is 0 Å². The van der Waals surface area contributed by atoms with Gasteiger partial charge in [0.2, 0.25) is 0 Å². The Labute approximate surface area is 62.7 Å². The normalized spacial score (nSPS) is 10.8. The lowest BCUT2D eigenvalue weighted by molar-refractivity contribution is -0.00764. The molecule has 0 bridgehead atoms. The van der Waals surface area contributed by atoms with Gasteiger partial charge in [0.15, 0.2) is 0 Å². The van der Waals surface area contributed by atoms with Crippen LogP contribution in [-0.2, 0) is 9.57 Å². The number of nitrogens with one attached hydrogen (secondary N) is 1. The summed E-state index contributed by atoms with van der Waals surface area (Å²) < 4.78 is 4.85. The highest BCUT2D eigenvalue weighted by molar-refractivity contribution is 4.37. The summed E-state index contributed by atoms with van der Waals surface area (Å²) in [6.07, 6.45) is 1.24. The van der Waals surface area contributed by atoms with E-state index in [-0.39, 0.29) is 6.10 Å². The SMILES string of the molecule is COCCCNOC(C)C. The fourth-order valence-corrected chi connectivity index (χ4v) is 0.514. The van der Waals surface area contributed by atoms with Crippen molar-refractivity contribution in [2.75, 3.05) is 20.3 Å². The Bertz CT molecular complexity index is 66.6. The predicted octanol–water partition coefficient (Wildman–Crippen LogP) is 0.952. The first-order valence-corrected chi connectivity index (χ1v) is 3.65. The van der Waals surface area contributed by atoms with Crippen LogP contribution in [0.4, 0.5) is 0 Å². The molecule has 0 aromatic carbocycles. The van der Waals surface area contributed by atoms with Crippen LogP contribution < -0.4 is 5.48 Å². The molecule has 0 saturated carbocycles. The smallest absolute Gasteiger partial charge is 0.0734 e. The summed E-state index contributed by atoms with van der Waals surface area (Å²) in [4.78, 5) is 5.08. The molecule has 1 N–H and O–H groups in total. The molecular formula is C7H17NO2. The summed E-state index contributed by atoms with van der Waals surface area (Å²) in [5, 5.41) is 0. The molecule has 62 valence electrons. The largest absolute Gasteiger partial charge is 0.385 e. The molecule has 0 saturated heterocycles. The molecule has 0 heterocycles. The first kappa shape index (κ1) is 9.88. The van der Waals surface area contributed by atoms with Gasteiger partial charge >= 0.3 is 0 Å². The lowest BCUT2D eigenvalue weighted by Crippen LogP contribution is -2.21. The van der Waals surface area contributed by atoms with Gasteiger partial charge in [-0.05, 0) is 20.3 Å². The highest BCUT2D eigenvalue weighted by atomic mass is 16.7. The number of hydroxylamine groups is 1. The van der Waals surface area contributed by atoms with Crippen LogP contribution in [0, 0.1) is 0 Å². The Balaban J connectivity index is 2.77. The zero-order chi connectivity index (χ0) is 7.82. The fourth-order valence-electron chi connectivity index (χ4n) is 0.514. The maximum Gasteiger partial charge on any atom is 0.0734 e. The van der Waals surface area contributed by atoms with Gasteiger partial charge < -0.3 is 4.74 Å². The van der Waals surface area contributed by atoms with Crippen molar-refractivity contribution in [3.05, 3.63) is 0 Å². The third-order valence-corrected chi connectivity index (χ3v) is 0.946. The van der Waals surface area contributed by atoms with Crippen LogP contribution in [0.1, 0.15) is 20.3 Å². The Kier molecular flexibility index (Phi) is 6.91. The maximum atomic E-state index is 5.08. The lowest BCUT2D eigenvalue weighted by Gasteiger charge is -2.07. The van der Waals surface area contributed by atoms with Crippen LogP contribution in [0.25, 0.3) is 0 Å². The molecule has 0 amide bonds. The average Bonchev–Trinajstić information content (AvgIpc) is 1.87. The molecule has 10 heavy (non-hydrogen) atoms. The van der Waals surface area contributed by atoms with Gasteiger partial charge in [-0.15, -0.1) is 0 Å². The second kappa shape index (κ2) is 6.99. The van der Waals surface area contributed by atoms with Gasteiger partial charge in [0, 0.05) is 20.3 Å². The summed E-state index contributed by atoms with van der Waals surface area (Å²) in [6, 6.07) is 0. The molecule has 0 fully saturated rings. The highest BCUT2D eigenvalue weighted by Gasteiger charge is 1.90. The quantitative estimate of drug-likeness (QED) is 0.448. The van der Waals surface area contributed by atoms with Crippen LogP contribution in [0.3, 0.4) is 0 Å². The van der Waals surface area contributed by atoms with E-state index in [1.54, 1.807) is 7.11 Å². The van der Waals surface area contributed by atoms with Crippen molar-refractivity contribution in [2.45, 2.75) is 26.4 Å². The minimum atomic E-state index is 0.252. The van der Waals surface area contributed by atoms with Crippen molar-refractivity contribution in [1.82, 2.24) is 5.48 Å². The number of rotatable bonds is 6. The Morgan fingerprint density at radius 3 is 2.60 bits per heavy atom. The summed E-state index contributed by atoms with van der Waals surface area (Å²) in [7, 11) is 1.70. The summed E-state index contributed by atoms with van der Waals surface area (Å²) in [6.45, 7) is 5.62. The fraction of sp³-hybridized carbons (Fsp3) is 1.00. The van der Waals surface area contributed by atoms with Gasteiger partial charge in [-0.3, -0.25) is 4.84 Å². The molecule has 0 atom stereocenters. The Hall–Kier alpha value is -0.120. The Morgan fingerprint density at radius 1 is 1.40 bits per heavy atom. The molecule has 0 spiro atoms. The average molecular weight is 147 g/mol. The molecule has 0 aromatic rings. The van der Waals surface area contributed by atoms with Gasteiger partial charge in [0.05, 0.1) is 6.10 Å². The van der Waals surface area contributed by atoms with Crippen molar-refractivity contribution in [3.8, 4) is 0 Å². The lowest BCUT2D eigenvalue weighted by atomic mass is 10.5. The summed E-state index contributed by atoms with van der Waals surface area (Å²) in [5.41, 5.74) is 2.84. The number of ether oxygens (including phenoxy) is 1. The molecule has 0 aliphatic carbocycles. The zero-order valence-electron chi connectivity index (χ0n) is 7.02. The minimum Gasteiger partial charge on any atom is -0.385 e. The van der Waals surface area contributed by atoms with Crippen molar-refractivity contribution in [2.24, 2.45) is 0 Å². The van der Waals surface area contributed by atoms with E-state index in [9.17, 15) is 0 Å². The van der Waals surface area contributed by atoms with E-state index in [4.69, 9.17) is 9.57 Å². The molecule has 3 heteroatoms. The molecule has 0 aliphatic rings. The summed E-state index contributed by atoms with van der Waals surface area (Å²) in [5.74, 6) is 0. The monoisotopic (exact) mass is 147 g/mol. The first-order valence-electron chi connectivity index (χ1n) is 3.65. The van der Waals surface area contributed by atoms with Gasteiger partial charge in [-0.25, -0.2) is 5.48 Å². The van der Waals surface area contributed by atoms with Crippen molar-refractivity contribution in [1.29, 1.82) is 0 Å². The standard InChI is InChI=1S/C7H17NO2/c1-7(2)10-8-5-4-6-9-3/h7-8H,4-6H2,1-3H3.